The summed E-state index contributed by atoms with van der Waals surface area (Å²) in [5.41, 5.74) is 2.35. The number of hydrogen-bond donors (Lipinski definition) is 1. The molecule has 3 aliphatic heterocycles. The number of fused-ring (bicyclic) bond motifs is 6. The summed E-state index contributed by atoms with van der Waals surface area (Å²) in [5.74, 6) is 0.549. The fourth-order valence-electron chi connectivity index (χ4n) is 5.45. The summed E-state index contributed by atoms with van der Waals surface area (Å²) >= 11 is 0. The van der Waals surface area contributed by atoms with Gasteiger partial charge in [-0.2, -0.15) is 0 Å². The van der Waals surface area contributed by atoms with Gasteiger partial charge in [-0.05, 0) is 18.6 Å². The number of nitrogens with zero attached hydrogens (tertiary/aromatic N) is 3. The van der Waals surface area contributed by atoms with Crippen molar-refractivity contribution in [3.63, 3.8) is 0 Å². The van der Waals surface area contributed by atoms with Crippen LogP contribution in [0, 0.1) is 0 Å². The Morgan fingerprint density at radius 3 is 2.61 bits per heavy atom. The summed E-state index contributed by atoms with van der Waals surface area (Å²) in [4.78, 5) is 31.0. The van der Waals surface area contributed by atoms with Crippen molar-refractivity contribution in [3.05, 3.63) is 81.4 Å². The molecule has 0 spiro atoms. The molecule has 3 aliphatic rings. The molecule has 0 bridgehead atoms. The summed E-state index contributed by atoms with van der Waals surface area (Å²) in [6.45, 7) is 2.58. The number of aliphatic hydroxyl groups is 1. The van der Waals surface area contributed by atoms with Crippen LogP contribution in [0.15, 0.2) is 53.6 Å². The molecule has 1 N–H and O–H groups in total. The predicted molar refractivity (Wildman–Crippen MR) is 126 cm³/mol. The fourth-order valence-corrected chi connectivity index (χ4v) is 5.45. The standard InChI is InChI=1S/C27H22N3O6/c1-2-27(33)19-9-21-24-17(12-30(21)25(31)18(19)13-34-26(27)32)16(11-29-6-4-3-5-7-29)15-8-22-23(36-14-35-22)10-20(15)28-24/h3-10,33H,2,11-14H2,1H3/q+1/t27-/m0/s1. The first-order valence-corrected chi connectivity index (χ1v) is 11.8. The van der Waals surface area contributed by atoms with Crippen LogP contribution >= 0.6 is 0 Å². The Balaban J connectivity index is 1.51. The molecule has 180 valence electrons. The summed E-state index contributed by atoms with van der Waals surface area (Å²) in [6.07, 6.45) is 4.07. The number of carbonyl (C=O) groups is 1. The van der Waals surface area contributed by atoms with Crippen molar-refractivity contribution in [2.75, 3.05) is 6.79 Å². The number of aromatic nitrogens is 3. The van der Waals surface area contributed by atoms with Gasteiger partial charge in [0.2, 0.25) is 6.79 Å². The second kappa shape index (κ2) is 7.38. The van der Waals surface area contributed by atoms with Gasteiger partial charge in [0.25, 0.3) is 5.56 Å². The molecule has 0 saturated heterocycles. The highest BCUT2D eigenvalue weighted by Gasteiger charge is 2.45. The van der Waals surface area contributed by atoms with Crippen molar-refractivity contribution in [1.29, 1.82) is 0 Å². The van der Waals surface area contributed by atoms with Crippen LogP contribution in [0.25, 0.3) is 22.3 Å². The van der Waals surface area contributed by atoms with E-state index in [0.717, 1.165) is 16.5 Å². The van der Waals surface area contributed by atoms with Gasteiger partial charge in [0.05, 0.1) is 29.0 Å². The van der Waals surface area contributed by atoms with E-state index < -0.39 is 11.6 Å². The topological polar surface area (TPSA) is 104 Å². The Morgan fingerprint density at radius 1 is 1.06 bits per heavy atom. The van der Waals surface area contributed by atoms with Crippen molar-refractivity contribution in [1.82, 2.24) is 9.55 Å². The lowest BCUT2D eigenvalue weighted by molar-refractivity contribution is -0.688. The Morgan fingerprint density at radius 2 is 1.83 bits per heavy atom. The normalized spacial score (nSPS) is 19.1. The smallest absolute Gasteiger partial charge is 0.343 e. The van der Waals surface area contributed by atoms with E-state index >= 15 is 0 Å². The van der Waals surface area contributed by atoms with Crippen LogP contribution in [0.1, 0.15) is 35.6 Å². The highest BCUT2D eigenvalue weighted by atomic mass is 16.7. The summed E-state index contributed by atoms with van der Waals surface area (Å²) in [7, 11) is 0. The molecule has 0 aliphatic carbocycles. The van der Waals surface area contributed by atoms with Crippen molar-refractivity contribution < 1.29 is 28.7 Å². The fraction of sp³-hybridized carbons (Fsp3) is 0.259. The largest absolute Gasteiger partial charge is 0.458 e. The number of rotatable bonds is 3. The van der Waals surface area contributed by atoms with E-state index in [2.05, 4.69) is 4.57 Å². The Bertz CT molecular complexity index is 1660. The molecular formula is C27H22N3O6+. The number of ether oxygens (including phenoxy) is 3. The van der Waals surface area contributed by atoms with Gasteiger partial charge in [0.1, 0.15) is 6.61 Å². The zero-order chi connectivity index (χ0) is 24.6. The lowest BCUT2D eigenvalue weighted by Gasteiger charge is -2.31. The average Bonchev–Trinajstić information content (AvgIpc) is 3.50. The first kappa shape index (κ1) is 21.1. The molecule has 7 rings (SSSR count). The third-order valence-electron chi connectivity index (χ3n) is 7.42. The molecule has 36 heavy (non-hydrogen) atoms. The molecule has 9 nitrogen and oxygen atoms in total. The molecule has 1 atom stereocenters. The maximum atomic E-state index is 13.6. The van der Waals surface area contributed by atoms with Gasteiger partial charge in [0.15, 0.2) is 36.0 Å². The second-order valence-electron chi connectivity index (χ2n) is 9.29. The lowest BCUT2D eigenvalue weighted by atomic mass is 9.86. The number of pyridine rings is 3. The Kier molecular flexibility index (Phi) is 4.32. The van der Waals surface area contributed by atoms with Crippen LogP contribution in [-0.4, -0.2) is 27.4 Å². The van der Waals surface area contributed by atoms with E-state index in [4.69, 9.17) is 19.2 Å². The van der Waals surface area contributed by atoms with Crippen LogP contribution in [-0.2, 0) is 34.8 Å². The third kappa shape index (κ3) is 2.80. The quantitative estimate of drug-likeness (QED) is 0.309. The average molecular weight is 484 g/mol. The maximum absolute atomic E-state index is 13.6. The van der Waals surface area contributed by atoms with Crippen molar-refractivity contribution in [2.45, 2.75) is 38.6 Å². The van der Waals surface area contributed by atoms with Gasteiger partial charge in [0, 0.05) is 40.3 Å². The molecule has 0 amide bonds. The van der Waals surface area contributed by atoms with Crippen LogP contribution in [0.2, 0.25) is 0 Å². The first-order valence-electron chi connectivity index (χ1n) is 11.8. The van der Waals surface area contributed by atoms with Crippen LogP contribution in [0.4, 0.5) is 0 Å². The SMILES string of the molecule is CC[C@@]1(O)C(=O)OCc2c1cc1n(c2=O)Cc2c-1nc1cc3c(cc1c2C[n+]1ccccc1)OCO3. The van der Waals surface area contributed by atoms with Gasteiger partial charge >= 0.3 is 5.97 Å². The second-order valence-corrected chi connectivity index (χ2v) is 9.29. The van der Waals surface area contributed by atoms with Crippen molar-refractivity contribution >= 4 is 16.9 Å². The number of carbonyl (C=O) groups excluding carboxylic acids is 1. The number of hydrogen-bond acceptors (Lipinski definition) is 7. The van der Waals surface area contributed by atoms with Gasteiger partial charge in [-0.25, -0.2) is 14.3 Å². The molecule has 6 heterocycles. The highest BCUT2D eigenvalue weighted by Crippen LogP contribution is 2.43. The van der Waals surface area contributed by atoms with Gasteiger partial charge < -0.3 is 23.9 Å². The van der Waals surface area contributed by atoms with Crippen LogP contribution in [0.5, 0.6) is 11.5 Å². The van der Waals surface area contributed by atoms with E-state index in [1.165, 1.54) is 0 Å². The third-order valence-corrected chi connectivity index (χ3v) is 7.42. The molecule has 4 aromatic rings. The van der Waals surface area contributed by atoms with Gasteiger partial charge in [-0.1, -0.05) is 13.0 Å². The molecule has 9 heteroatoms. The summed E-state index contributed by atoms with van der Waals surface area (Å²) in [5, 5.41) is 12.1. The minimum Gasteiger partial charge on any atom is -0.458 e. The van der Waals surface area contributed by atoms with E-state index in [1.807, 2.05) is 42.7 Å². The summed E-state index contributed by atoms with van der Waals surface area (Å²) < 4.78 is 20.1. The summed E-state index contributed by atoms with van der Waals surface area (Å²) in [6, 6.07) is 11.4. The monoisotopic (exact) mass is 484 g/mol. The highest BCUT2D eigenvalue weighted by molar-refractivity contribution is 5.91. The van der Waals surface area contributed by atoms with Crippen molar-refractivity contribution in [2.24, 2.45) is 0 Å². The van der Waals surface area contributed by atoms with Gasteiger partial charge in [-0.15, -0.1) is 0 Å². The Hall–Kier alpha value is -4.24. The minimum atomic E-state index is -1.86. The molecule has 0 unspecified atom stereocenters. The number of cyclic esters (lactones) is 1. The van der Waals surface area contributed by atoms with E-state index in [0.29, 0.717) is 52.6 Å². The van der Waals surface area contributed by atoms with E-state index in [-0.39, 0.29) is 25.4 Å². The maximum Gasteiger partial charge on any atom is 0.343 e. The molecule has 0 fully saturated rings. The van der Waals surface area contributed by atoms with Crippen LogP contribution < -0.4 is 19.6 Å². The molecular weight excluding hydrogens is 462 g/mol. The van der Waals surface area contributed by atoms with E-state index in [9.17, 15) is 14.7 Å². The lowest BCUT2D eigenvalue weighted by Crippen LogP contribution is -2.44. The number of benzene rings is 1. The Labute approximate surface area is 205 Å². The molecule has 3 aromatic heterocycles. The predicted octanol–water partition coefficient (Wildman–Crippen LogP) is 2.14. The van der Waals surface area contributed by atoms with E-state index in [1.54, 1.807) is 17.6 Å². The molecule has 0 radical (unpaired) electrons. The van der Waals surface area contributed by atoms with Crippen molar-refractivity contribution in [3.8, 4) is 22.9 Å². The zero-order valence-electron chi connectivity index (χ0n) is 19.5. The molecule has 1 aromatic carbocycles. The van der Waals surface area contributed by atoms with Crippen LogP contribution in [0.3, 0.4) is 0 Å². The van der Waals surface area contributed by atoms with Gasteiger partial charge in [-0.3, -0.25) is 4.79 Å². The number of esters is 1. The first-order chi connectivity index (χ1) is 17.5. The zero-order valence-corrected chi connectivity index (χ0v) is 19.5. The minimum absolute atomic E-state index is 0.0963. The molecule has 0 saturated carbocycles.